The number of aryl methyl sites for hydroxylation is 3. The second-order valence-corrected chi connectivity index (χ2v) is 5.71. The van der Waals surface area contributed by atoms with E-state index in [1.54, 1.807) is 18.1 Å². The Kier molecular flexibility index (Phi) is 4.61. The molecule has 0 radical (unpaired) electrons. The highest BCUT2D eigenvalue weighted by Gasteiger charge is 2.12. The topological polar surface area (TPSA) is 42.7 Å². The van der Waals surface area contributed by atoms with Crippen LogP contribution in [0.2, 0.25) is 0 Å². The predicted octanol–water partition coefficient (Wildman–Crippen LogP) is 2.48. The van der Waals surface area contributed by atoms with Gasteiger partial charge in [0.1, 0.15) is 6.33 Å². The van der Waals surface area contributed by atoms with Gasteiger partial charge in [-0.25, -0.2) is 0 Å². The molecule has 1 N–H and O–H groups in total. The van der Waals surface area contributed by atoms with Crippen molar-refractivity contribution >= 4 is 11.8 Å². The van der Waals surface area contributed by atoms with E-state index in [2.05, 4.69) is 47.6 Å². The molecular formula is C14H20N4S. The Balaban J connectivity index is 2.07. The molecule has 0 saturated carbocycles. The molecule has 0 saturated heterocycles. The first kappa shape index (κ1) is 14.1. The third-order valence-corrected chi connectivity index (χ3v) is 4.46. The highest BCUT2D eigenvalue weighted by molar-refractivity contribution is 7.99. The van der Waals surface area contributed by atoms with Crippen LogP contribution in [0, 0.1) is 13.8 Å². The lowest BCUT2D eigenvalue weighted by Gasteiger charge is -2.17. The first-order valence-corrected chi connectivity index (χ1v) is 7.31. The highest BCUT2D eigenvalue weighted by atomic mass is 32.2. The van der Waals surface area contributed by atoms with E-state index in [9.17, 15) is 0 Å². The molecule has 0 spiro atoms. The van der Waals surface area contributed by atoms with Gasteiger partial charge in [-0.1, -0.05) is 30.0 Å². The van der Waals surface area contributed by atoms with Crippen LogP contribution in [0.1, 0.15) is 22.7 Å². The molecule has 0 amide bonds. The Hall–Kier alpha value is -1.33. The molecule has 1 atom stereocenters. The lowest BCUT2D eigenvalue weighted by molar-refractivity contribution is 0.658. The molecular weight excluding hydrogens is 256 g/mol. The summed E-state index contributed by atoms with van der Waals surface area (Å²) in [6.45, 7) is 4.29. The normalized spacial score (nSPS) is 12.6. The zero-order valence-electron chi connectivity index (χ0n) is 11.8. The van der Waals surface area contributed by atoms with Crippen molar-refractivity contribution in [1.82, 2.24) is 20.1 Å². The largest absolute Gasteiger partial charge is 0.312 e. The Morgan fingerprint density at radius 2 is 2.11 bits per heavy atom. The zero-order valence-corrected chi connectivity index (χ0v) is 12.7. The lowest BCUT2D eigenvalue weighted by atomic mass is 10.0. The number of nitrogens with one attached hydrogen (secondary N) is 1. The van der Waals surface area contributed by atoms with E-state index in [1.165, 1.54) is 16.7 Å². The van der Waals surface area contributed by atoms with Crippen LogP contribution in [0.15, 0.2) is 29.7 Å². The fraction of sp³-hybridized carbons (Fsp3) is 0.429. The fourth-order valence-corrected chi connectivity index (χ4v) is 2.92. The third-order valence-electron chi connectivity index (χ3n) is 3.33. The van der Waals surface area contributed by atoms with Crippen LogP contribution in [-0.4, -0.2) is 27.6 Å². The Labute approximate surface area is 118 Å². The number of hydrogen-bond acceptors (Lipinski definition) is 4. The van der Waals surface area contributed by atoms with Gasteiger partial charge < -0.3 is 9.88 Å². The van der Waals surface area contributed by atoms with Crippen molar-refractivity contribution in [3.63, 3.8) is 0 Å². The molecule has 0 aliphatic carbocycles. The van der Waals surface area contributed by atoms with Crippen LogP contribution >= 0.6 is 11.8 Å². The SMILES string of the molecule is CNC(CSc1nncn1C)c1ccc(C)c(C)c1. The number of rotatable bonds is 5. The number of thioether (sulfide) groups is 1. The summed E-state index contributed by atoms with van der Waals surface area (Å²) in [6, 6.07) is 6.96. The zero-order chi connectivity index (χ0) is 13.8. The summed E-state index contributed by atoms with van der Waals surface area (Å²) in [5.41, 5.74) is 3.99. The number of nitrogens with zero attached hydrogens (tertiary/aromatic N) is 3. The Morgan fingerprint density at radius 3 is 2.68 bits per heavy atom. The van der Waals surface area contributed by atoms with Gasteiger partial charge in [0.05, 0.1) is 0 Å². The minimum atomic E-state index is 0.320. The summed E-state index contributed by atoms with van der Waals surface area (Å²) in [5.74, 6) is 0.936. The summed E-state index contributed by atoms with van der Waals surface area (Å²) in [7, 11) is 3.96. The summed E-state index contributed by atoms with van der Waals surface area (Å²) < 4.78 is 1.94. The van der Waals surface area contributed by atoms with Crippen molar-refractivity contribution in [2.24, 2.45) is 7.05 Å². The van der Waals surface area contributed by atoms with Crippen LogP contribution in [0.3, 0.4) is 0 Å². The van der Waals surface area contributed by atoms with E-state index in [4.69, 9.17) is 0 Å². The number of benzene rings is 1. The molecule has 1 aromatic heterocycles. The first-order valence-electron chi connectivity index (χ1n) is 6.33. The van der Waals surface area contributed by atoms with E-state index < -0.39 is 0 Å². The lowest BCUT2D eigenvalue weighted by Crippen LogP contribution is -2.19. The minimum absolute atomic E-state index is 0.320. The number of hydrogen-bond donors (Lipinski definition) is 1. The van der Waals surface area contributed by atoms with Crippen LogP contribution in [0.5, 0.6) is 0 Å². The highest BCUT2D eigenvalue weighted by Crippen LogP contribution is 2.24. The average Bonchev–Trinajstić information content (AvgIpc) is 2.80. The van der Waals surface area contributed by atoms with Crippen molar-refractivity contribution in [3.8, 4) is 0 Å². The monoisotopic (exact) mass is 276 g/mol. The number of aromatic nitrogens is 3. The van der Waals surface area contributed by atoms with Gasteiger partial charge >= 0.3 is 0 Å². The maximum Gasteiger partial charge on any atom is 0.190 e. The molecule has 0 aliphatic heterocycles. The quantitative estimate of drug-likeness (QED) is 0.852. The van der Waals surface area contributed by atoms with Crippen molar-refractivity contribution in [2.45, 2.75) is 25.0 Å². The van der Waals surface area contributed by atoms with Crippen LogP contribution < -0.4 is 5.32 Å². The standard InChI is InChI=1S/C14H20N4S/c1-10-5-6-12(7-11(10)2)13(15-3)8-19-14-17-16-9-18(14)4/h5-7,9,13,15H,8H2,1-4H3. The first-order chi connectivity index (χ1) is 9.11. The molecule has 0 bridgehead atoms. The second kappa shape index (κ2) is 6.21. The van der Waals surface area contributed by atoms with Crippen molar-refractivity contribution in [2.75, 3.05) is 12.8 Å². The summed E-state index contributed by atoms with van der Waals surface area (Å²) in [4.78, 5) is 0. The molecule has 5 heteroatoms. The van der Waals surface area contributed by atoms with Crippen LogP contribution in [0.4, 0.5) is 0 Å². The van der Waals surface area contributed by atoms with E-state index in [0.717, 1.165) is 10.9 Å². The van der Waals surface area contributed by atoms with E-state index in [0.29, 0.717) is 6.04 Å². The molecule has 1 aromatic carbocycles. The molecule has 4 nitrogen and oxygen atoms in total. The minimum Gasteiger partial charge on any atom is -0.312 e. The van der Waals surface area contributed by atoms with Gasteiger partial charge in [-0.3, -0.25) is 0 Å². The van der Waals surface area contributed by atoms with Crippen molar-refractivity contribution < 1.29 is 0 Å². The maximum absolute atomic E-state index is 4.10. The van der Waals surface area contributed by atoms with E-state index in [1.807, 2.05) is 18.7 Å². The van der Waals surface area contributed by atoms with Crippen molar-refractivity contribution in [1.29, 1.82) is 0 Å². The molecule has 0 fully saturated rings. The maximum atomic E-state index is 4.10. The molecule has 19 heavy (non-hydrogen) atoms. The van der Waals surface area contributed by atoms with Gasteiger partial charge in [-0.05, 0) is 37.6 Å². The van der Waals surface area contributed by atoms with Gasteiger partial charge in [-0.15, -0.1) is 10.2 Å². The van der Waals surface area contributed by atoms with Gasteiger partial charge in [-0.2, -0.15) is 0 Å². The molecule has 2 aromatic rings. The molecule has 102 valence electrons. The smallest absolute Gasteiger partial charge is 0.190 e. The molecule has 1 unspecified atom stereocenters. The predicted molar refractivity (Wildman–Crippen MR) is 79.4 cm³/mol. The van der Waals surface area contributed by atoms with Crippen molar-refractivity contribution in [3.05, 3.63) is 41.2 Å². The van der Waals surface area contributed by atoms with E-state index >= 15 is 0 Å². The van der Waals surface area contributed by atoms with Gasteiger partial charge in [0.25, 0.3) is 0 Å². The summed E-state index contributed by atoms with van der Waals surface area (Å²) in [5, 5.41) is 12.3. The van der Waals surface area contributed by atoms with Crippen LogP contribution in [0.25, 0.3) is 0 Å². The Bertz CT molecular complexity index is 550. The summed E-state index contributed by atoms with van der Waals surface area (Å²) in [6.07, 6.45) is 1.73. The van der Waals surface area contributed by atoms with Crippen LogP contribution in [-0.2, 0) is 7.05 Å². The molecule has 0 aliphatic rings. The van der Waals surface area contributed by atoms with Gasteiger partial charge in [0.15, 0.2) is 5.16 Å². The molecule has 1 heterocycles. The fourth-order valence-electron chi connectivity index (χ4n) is 1.89. The third kappa shape index (κ3) is 3.36. The average molecular weight is 276 g/mol. The molecule has 2 rings (SSSR count). The van der Waals surface area contributed by atoms with E-state index in [-0.39, 0.29) is 0 Å². The second-order valence-electron chi connectivity index (χ2n) is 4.72. The Morgan fingerprint density at radius 1 is 1.32 bits per heavy atom. The summed E-state index contributed by atoms with van der Waals surface area (Å²) >= 11 is 1.72. The van der Waals surface area contributed by atoms with Gasteiger partial charge in [0.2, 0.25) is 0 Å². The van der Waals surface area contributed by atoms with Gasteiger partial charge in [0, 0.05) is 18.8 Å².